The number of pyridine rings is 1. The second-order valence-corrected chi connectivity index (χ2v) is 3.36. The van der Waals surface area contributed by atoms with E-state index in [1.165, 1.54) is 0 Å². The standard InChI is InChI=1S/C11H10F3NO3.C2H6/c1-6(10(17)18-2)9(16)7-4-3-5-8(15-7)11(12,13)14;1-2/h3-5,9,16H,1H2,2H3;1-2H3. The highest BCUT2D eigenvalue weighted by Crippen LogP contribution is 2.29. The highest BCUT2D eigenvalue weighted by atomic mass is 19.4. The fraction of sp³-hybridized carbons (Fsp3) is 0.385. The molecule has 4 nitrogen and oxygen atoms in total. The molecule has 0 aromatic carbocycles. The van der Waals surface area contributed by atoms with Crippen molar-refractivity contribution >= 4 is 5.97 Å². The van der Waals surface area contributed by atoms with E-state index < -0.39 is 23.9 Å². The van der Waals surface area contributed by atoms with Crippen LogP contribution in [0.5, 0.6) is 0 Å². The van der Waals surface area contributed by atoms with Gasteiger partial charge < -0.3 is 9.84 Å². The van der Waals surface area contributed by atoms with Crippen molar-refractivity contribution in [2.45, 2.75) is 26.1 Å². The van der Waals surface area contributed by atoms with Gasteiger partial charge in [0.15, 0.2) is 0 Å². The van der Waals surface area contributed by atoms with Gasteiger partial charge in [0.2, 0.25) is 0 Å². The Morgan fingerprint density at radius 3 is 2.40 bits per heavy atom. The van der Waals surface area contributed by atoms with Gasteiger partial charge in [-0.1, -0.05) is 26.5 Å². The van der Waals surface area contributed by atoms with Crippen molar-refractivity contribution in [2.75, 3.05) is 7.11 Å². The van der Waals surface area contributed by atoms with Crippen LogP contribution in [-0.2, 0) is 15.7 Å². The molecular formula is C13H16F3NO3. The number of aliphatic hydroxyl groups excluding tert-OH is 1. The molecule has 0 spiro atoms. The number of aromatic nitrogens is 1. The van der Waals surface area contributed by atoms with Crippen LogP contribution >= 0.6 is 0 Å². The van der Waals surface area contributed by atoms with Gasteiger partial charge >= 0.3 is 12.1 Å². The minimum atomic E-state index is -4.62. The van der Waals surface area contributed by atoms with Crippen molar-refractivity contribution in [3.05, 3.63) is 41.7 Å². The zero-order chi connectivity index (χ0) is 15.9. The molecule has 0 saturated heterocycles. The molecule has 1 aromatic rings. The molecule has 1 unspecified atom stereocenters. The first-order chi connectivity index (χ1) is 9.27. The van der Waals surface area contributed by atoms with E-state index in [0.29, 0.717) is 0 Å². The smallest absolute Gasteiger partial charge is 0.433 e. The molecule has 0 fully saturated rings. The van der Waals surface area contributed by atoms with Crippen LogP contribution in [0.15, 0.2) is 30.4 Å². The molecule has 0 aliphatic rings. The van der Waals surface area contributed by atoms with Crippen molar-refractivity contribution in [1.82, 2.24) is 4.98 Å². The van der Waals surface area contributed by atoms with E-state index in [9.17, 15) is 23.1 Å². The molecule has 0 amide bonds. The van der Waals surface area contributed by atoms with Crippen molar-refractivity contribution in [3.63, 3.8) is 0 Å². The second kappa shape index (κ2) is 7.64. The normalized spacial score (nSPS) is 11.9. The van der Waals surface area contributed by atoms with Crippen LogP contribution in [0.25, 0.3) is 0 Å². The molecule has 20 heavy (non-hydrogen) atoms. The highest BCUT2D eigenvalue weighted by molar-refractivity contribution is 5.88. The number of carbonyl (C=O) groups is 1. The van der Waals surface area contributed by atoms with E-state index in [4.69, 9.17) is 0 Å². The van der Waals surface area contributed by atoms with E-state index >= 15 is 0 Å². The van der Waals surface area contributed by atoms with Gasteiger partial charge in [0.25, 0.3) is 0 Å². The SMILES string of the molecule is C=C(C(=O)OC)C(O)c1cccc(C(F)(F)F)n1.CC. The Balaban J connectivity index is 0.00000172. The summed E-state index contributed by atoms with van der Waals surface area (Å²) < 4.78 is 41.5. The minimum absolute atomic E-state index is 0.319. The molecule has 0 saturated carbocycles. The first-order valence-corrected chi connectivity index (χ1v) is 5.76. The van der Waals surface area contributed by atoms with Gasteiger partial charge in [-0.25, -0.2) is 9.78 Å². The van der Waals surface area contributed by atoms with Gasteiger partial charge in [0.05, 0.1) is 18.4 Å². The first-order valence-electron chi connectivity index (χ1n) is 5.76. The van der Waals surface area contributed by atoms with E-state index in [1.807, 2.05) is 13.8 Å². The quantitative estimate of drug-likeness (QED) is 0.687. The van der Waals surface area contributed by atoms with Crippen molar-refractivity contribution in [3.8, 4) is 0 Å². The molecule has 7 heteroatoms. The number of halogens is 3. The summed E-state index contributed by atoms with van der Waals surface area (Å²) in [5.74, 6) is -0.915. The topological polar surface area (TPSA) is 59.4 Å². The lowest BCUT2D eigenvalue weighted by molar-refractivity contribution is -0.141. The van der Waals surface area contributed by atoms with Crippen molar-refractivity contribution < 1.29 is 27.8 Å². The third-order valence-corrected chi connectivity index (χ3v) is 2.12. The second-order valence-electron chi connectivity index (χ2n) is 3.36. The lowest BCUT2D eigenvalue weighted by Crippen LogP contribution is -2.15. The third-order valence-electron chi connectivity index (χ3n) is 2.12. The number of aliphatic hydroxyl groups is 1. The van der Waals surface area contributed by atoms with E-state index in [-0.39, 0.29) is 11.3 Å². The van der Waals surface area contributed by atoms with Crippen molar-refractivity contribution in [1.29, 1.82) is 0 Å². The Kier molecular flexibility index (Phi) is 6.92. The molecule has 0 aliphatic heterocycles. The fourth-order valence-electron chi connectivity index (χ4n) is 1.18. The number of alkyl halides is 3. The summed E-state index contributed by atoms with van der Waals surface area (Å²) in [6, 6.07) is 3.00. The molecule has 0 radical (unpaired) electrons. The zero-order valence-electron chi connectivity index (χ0n) is 11.4. The number of nitrogens with zero attached hydrogens (tertiary/aromatic N) is 1. The average molecular weight is 291 g/mol. The number of hydrogen-bond donors (Lipinski definition) is 1. The Morgan fingerprint density at radius 1 is 1.40 bits per heavy atom. The highest BCUT2D eigenvalue weighted by Gasteiger charge is 2.33. The maximum absolute atomic E-state index is 12.4. The molecule has 112 valence electrons. The van der Waals surface area contributed by atoms with Crippen LogP contribution < -0.4 is 0 Å². The van der Waals surface area contributed by atoms with Crippen LogP contribution in [0.2, 0.25) is 0 Å². The van der Waals surface area contributed by atoms with Gasteiger partial charge in [0, 0.05) is 0 Å². The maximum Gasteiger partial charge on any atom is 0.433 e. The number of esters is 1. The predicted octanol–water partition coefficient (Wildman–Crippen LogP) is 2.89. The average Bonchev–Trinajstić information content (AvgIpc) is 2.46. The zero-order valence-corrected chi connectivity index (χ0v) is 11.4. The van der Waals surface area contributed by atoms with E-state index in [0.717, 1.165) is 25.3 Å². The maximum atomic E-state index is 12.4. The molecule has 1 N–H and O–H groups in total. The molecule has 1 rings (SSSR count). The van der Waals surface area contributed by atoms with Gasteiger partial charge in [0.1, 0.15) is 11.8 Å². The van der Waals surface area contributed by atoms with Crippen LogP contribution in [0.1, 0.15) is 31.3 Å². The summed E-state index contributed by atoms with van der Waals surface area (Å²) >= 11 is 0. The predicted molar refractivity (Wildman–Crippen MR) is 66.7 cm³/mol. The van der Waals surface area contributed by atoms with Crippen LogP contribution in [0, 0.1) is 0 Å². The lowest BCUT2D eigenvalue weighted by atomic mass is 10.1. The fourth-order valence-corrected chi connectivity index (χ4v) is 1.18. The molecule has 1 aromatic heterocycles. The Bertz CT molecular complexity index is 472. The molecule has 0 aliphatic carbocycles. The number of carbonyl (C=O) groups excluding carboxylic acids is 1. The summed E-state index contributed by atoms with van der Waals surface area (Å²) in [7, 11) is 1.07. The summed E-state index contributed by atoms with van der Waals surface area (Å²) in [4.78, 5) is 14.3. The van der Waals surface area contributed by atoms with Crippen molar-refractivity contribution in [2.24, 2.45) is 0 Å². The summed E-state index contributed by atoms with van der Waals surface area (Å²) in [6.45, 7) is 7.25. The Hall–Kier alpha value is -1.89. The Morgan fingerprint density at radius 2 is 1.95 bits per heavy atom. The summed E-state index contributed by atoms with van der Waals surface area (Å²) in [6.07, 6.45) is -6.26. The van der Waals surface area contributed by atoms with E-state index in [1.54, 1.807) is 0 Å². The van der Waals surface area contributed by atoms with Gasteiger partial charge in [-0.15, -0.1) is 0 Å². The summed E-state index contributed by atoms with van der Waals surface area (Å²) in [5, 5.41) is 9.65. The monoisotopic (exact) mass is 291 g/mol. The molecular weight excluding hydrogens is 275 g/mol. The van der Waals surface area contributed by atoms with Gasteiger partial charge in [-0.05, 0) is 12.1 Å². The third kappa shape index (κ3) is 4.65. The number of ether oxygens (including phenoxy) is 1. The number of hydrogen-bond acceptors (Lipinski definition) is 4. The van der Waals surface area contributed by atoms with Crippen LogP contribution in [0.3, 0.4) is 0 Å². The molecule has 1 atom stereocenters. The lowest BCUT2D eigenvalue weighted by Gasteiger charge is -2.13. The first kappa shape index (κ1) is 18.1. The van der Waals surface area contributed by atoms with Gasteiger partial charge in [-0.2, -0.15) is 13.2 Å². The number of methoxy groups -OCH3 is 1. The molecule has 1 heterocycles. The number of rotatable bonds is 3. The Labute approximate surface area is 114 Å². The van der Waals surface area contributed by atoms with E-state index in [2.05, 4.69) is 16.3 Å². The van der Waals surface area contributed by atoms with Crippen LogP contribution in [0.4, 0.5) is 13.2 Å². The van der Waals surface area contributed by atoms with Gasteiger partial charge in [-0.3, -0.25) is 0 Å². The minimum Gasteiger partial charge on any atom is -0.466 e. The largest absolute Gasteiger partial charge is 0.466 e. The molecule has 0 bridgehead atoms. The van der Waals surface area contributed by atoms with Crippen LogP contribution in [-0.4, -0.2) is 23.2 Å². The summed E-state index contributed by atoms with van der Waals surface area (Å²) in [5.41, 5.74) is -1.86.